The Balaban J connectivity index is 1.57. The molecule has 5 nitrogen and oxygen atoms in total. The van der Waals surface area contributed by atoms with E-state index in [9.17, 15) is 9.18 Å². The number of hydrogen-bond donors (Lipinski definition) is 0. The summed E-state index contributed by atoms with van der Waals surface area (Å²) in [6.07, 6.45) is 3.61. The van der Waals surface area contributed by atoms with Crippen LogP contribution in [0.25, 0.3) is 0 Å². The van der Waals surface area contributed by atoms with Gasteiger partial charge in [-0.25, -0.2) is 4.39 Å². The first-order valence-electron chi connectivity index (χ1n) is 7.79. The van der Waals surface area contributed by atoms with E-state index in [0.29, 0.717) is 24.6 Å². The molecule has 0 bridgehead atoms. The van der Waals surface area contributed by atoms with Crippen molar-refractivity contribution in [2.45, 2.75) is 12.8 Å². The van der Waals surface area contributed by atoms with Gasteiger partial charge in [-0.1, -0.05) is 0 Å². The molecule has 0 spiro atoms. The van der Waals surface area contributed by atoms with Crippen LogP contribution in [0, 0.1) is 11.7 Å². The summed E-state index contributed by atoms with van der Waals surface area (Å²) < 4.78 is 20.2. The first kappa shape index (κ1) is 15.5. The van der Waals surface area contributed by atoms with Crippen LogP contribution >= 0.6 is 0 Å². The first-order valence-corrected chi connectivity index (χ1v) is 7.79. The summed E-state index contributed by atoms with van der Waals surface area (Å²) in [5.41, 5.74) is 0.602. The largest absolute Gasteiger partial charge is 0.493 e. The Morgan fingerprint density at radius 3 is 2.83 bits per heavy atom. The van der Waals surface area contributed by atoms with E-state index >= 15 is 0 Å². The predicted octanol–water partition coefficient (Wildman–Crippen LogP) is 2.49. The number of benzene rings is 1. The second-order valence-electron chi connectivity index (χ2n) is 5.86. The molecule has 1 saturated heterocycles. The highest BCUT2D eigenvalue weighted by Gasteiger charge is 2.26. The fourth-order valence-electron chi connectivity index (χ4n) is 2.88. The van der Waals surface area contributed by atoms with Crippen molar-refractivity contribution in [2.24, 2.45) is 13.0 Å². The van der Waals surface area contributed by atoms with Crippen LogP contribution in [-0.4, -0.2) is 40.3 Å². The summed E-state index contributed by atoms with van der Waals surface area (Å²) in [7, 11) is 1.77. The SMILES string of the molecule is Cn1nccc1C(=O)N1CCCC(COc2ccc(F)cc2)C1. The van der Waals surface area contributed by atoms with Crippen molar-refractivity contribution in [3.63, 3.8) is 0 Å². The monoisotopic (exact) mass is 317 g/mol. The molecule has 1 amide bonds. The Labute approximate surface area is 134 Å². The van der Waals surface area contributed by atoms with Crippen LogP contribution in [0.4, 0.5) is 4.39 Å². The number of ether oxygens (including phenoxy) is 1. The van der Waals surface area contributed by atoms with Crippen molar-refractivity contribution in [3.8, 4) is 5.75 Å². The molecule has 1 unspecified atom stereocenters. The maximum Gasteiger partial charge on any atom is 0.272 e. The van der Waals surface area contributed by atoms with Gasteiger partial charge in [0.1, 0.15) is 17.3 Å². The lowest BCUT2D eigenvalue weighted by Gasteiger charge is -2.32. The van der Waals surface area contributed by atoms with Crippen molar-refractivity contribution < 1.29 is 13.9 Å². The normalized spacial score (nSPS) is 18.0. The highest BCUT2D eigenvalue weighted by Crippen LogP contribution is 2.20. The van der Waals surface area contributed by atoms with Gasteiger partial charge in [-0.15, -0.1) is 0 Å². The standard InChI is InChI=1S/C17H20FN3O2/c1-20-16(8-9-19-20)17(22)21-10-2-3-13(11-21)12-23-15-6-4-14(18)5-7-15/h4-9,13H,2-3,10-12H2,1H3. The summed E-state index contributed by atoms with van der Waals surface area (Å²) >= 11 is 0. The van der Waals surface area contributed by atoms with E-state index in [1.54, 1.807) is 36.1 Å². The van der Waals surface area contributed by atoms with E-state index in [-0.39, 0.29) is 17.6 Å². The van der Waals surface area contributed by atoms with E-state index in [0.717, 1.165) is 19.4 Å². The molecule has 1 aliphatic rings. The number of rotatable bonds is 4. The number of amides is 1. The van der Waals surface area contributed by atoms with E-state index in [4.69, 9.17) is 4.74 Å². The Kier molecular flexibility index (Phi) is 4.60. The van der Waals surface area contributed by atoms with Crippen molar-refractivity contribution in [1.29, 1.82) is 0 Å². The smallest absolute Gasteiger partial charge is 0.272 e. The highest BCUT2D eigenvalue weighted by molar-refractivity contribution is 5.92. The van der Waals surface area contributed by atoms with Gasteiger partial charge in [-0.05, 0) is 43.2 Å². The molecule has 1 atom stereocenters. The zero-order chi connectivity index (χ0) is 16.2. The number of carbonyl (C=O) groups is 1. The molecular weight excluding hydrogens is 297 g/mol. The van der Waals surface area contributed by atoms with E-state index in [1.807, 2.05) is 4.90 Å². The van der Waals surface area contributed by atoms with Crippen LogP contribution in [-0.2, 0) is 7.05 Å². The lowest BCUT2D eigenvalue weighted by atomic mass is 9.98. The van der Waals surface area contributed by atoms with Gasteiger partial charge in [0, 0.05) is 32.3 Å². The van der Waals surface area contributed by atoms with Gasteiger partial charge in [-0.2, -0.15) is 5.10 Å². The van der Waals surface area contributed by atoms with Gasteiger partial charge in [0.25, 0.3) is 5.91 Å². The molecule has 23 heavy (non-hydrogen) atoms. The van der Waals surface area contributed by atoms with Gasteiger partial charge < -0.3 is 9.64 Å². The maximum absolute atomic E-state index is 12.9. The number of hydrogen-bond acceptors (Lipinski definition) is 3. The molecule has 0 radical (unpaired) electrons. The Hall–Kier alpha value is -2.37. The summed E-state index contributed by atoms with van der Waals surface area (Å²) in [6.45, 7) is 1.96. The van der Waals surface area contributed by atoms with Gasteiger partial charge in [0.2, 0.25) is 0 Å². The summed E-state index contributed by atoms with van der Waals surface area (Å²) in [5, 5.41) is 4.05. The number of likely N-dealkylation sites (tertiary alicyclic amines) is 1. The average molecular weight is 317 g/mol. The molecule has 1 aromatic heterocycles. The summed E-state index contributed by atoms with van der Waals surface area (Å²) in [5.74, 6) is 0.673. The second-order valence-corrected chi connectivity index (χ2v) is 5.86. The number of aryl methyl sites for hydroxylation is 1. The van der Waals surface area contributed by atoms with E-state index in [1.165, 1.54) is 12.1 Å². The van der Waals surface area contributed by atoms with Crippen LogP contribution < -0.4 is 4.74 Å². The van der Waals surface area contributed by atoms with Crippen molar-refractivity contribution in [2.75, 3.05) is 19.7 Å². The molecule has 2 aromatic rings. The second kappa shape index (κ2) is 6.81. The molecule has 1 fully saturated rings. The van der Waals surface area contributed by atoms with Crippen LogP contribution in [0.3, 0.4) is 0 Å². The lowest BCUT2D eigenvalue weighted by Crippen LogP contribution is -2.42. The van der Waals surface area contributed by atoms with Gasteiger partial charge in [0.15, 0.2) is 0 Å². The number of nitrogens with zero attached hydrogens (tertiary/aromatic N) is 3. The fourth-order valence-corrected chi connectivity index (χ4v) is 2.88. The van der Waals surface area contributed by atoms with Crippen molar-refractivity contribution in [3.05, 3.63) is 48.0 Å². The number of halogens is 1. The minimum Gasteiger partial charge on any atom is -0.493 e. The van der Waals surface area contributed by atoms with E-state index < -0.39 is 0 Å². The molecule has 1 aromatic carbocycles. The molecule has 6 heteroatoms. The third kappa shape index (κ3) is 3.70. The fraction of sp³-hybridized carbons (Fsp3) is 0.412. The van der Waals surface area contributed by atoms with E-state index in [2.05, 4.69) is 5.10 Å². The number of aromatic nitrogens is 2. The molecular formula is C17H20FN3O2. The van der Waals surface area contributed by atoms with Crippen molar-refractivity contribution in [1.82, 2.24) is 14.7 Å². The molecule has 3 rings (SSSR count). The molecule has 2 heterocycles. The topological polar surface area (TPSA) is 47.4 Å². The molecule has 0 aliphatic carbocycles. The number of carbonyl (C=O) groups excluding carboxylic acids is 1. The van der Waals surface area contributed by atoms with Crippen LogP contribution in [0.1, 0.15) is 23.3 Å². The quantitative estimate of drug-likeness (QED) is 0.870. The molecule has 0 saturated carbocycles. The Morgan fingerprint density at radius 2 is 2.13 bits per heavy atom. The lowest BCUT2D eigenvalue weighted by molar-refractivity contribution is 0.0622. The summed E-state index contributed by atoms with van der Waals surface area (Å²) in [4.78, 5) is 14.4. The van der Waals surface area contributed by atoms with Crippen LogP contribution in [0.15, 0.2) is 36.5 Å². The van der Waals surface area contributed by atoms with Gasteiger partial charge >= 0.3 is 0 Å². The molecule has 122 valence electrons. The van der Waals surface area contributed by atoms with Gasteiger partial charge in [0.05, 0.1) is 6.61 Å². The van der Waals surface area contributed by atoms with Crippen LogP contribution in [0.2, 0.25) is 0 Å². The molecule has 0 N–H and O–H groups in total. The molecule has 1 aliphatic heterocycles. The Bertz CT molecular complexity index is 669. The maximum atomic E-state index is 12.9. The first-order chi connectivity index (χ1) is 11.1. The zero-order valence-electron chi connectivity index (χ0n) is 13.1. The minimum atomic E-state index is -0.275. The Morgan fingerprint density at radius 1 is 1.35 bits per heavy atom. The minimum absolute atomic E-state index is 0.0106. The van der Waals surface area contributed by atoms with Crippen LogP contribution in [0.5, 0.6) is 5.75 Å². The van der Waals surface area contributed by atoms with Crippen molar-refractivity contribution >= 4 is 5.91 Å². The number of piperidine rings is 1. The van der Waals surface area contributed by atoms with Gasteiger partial charge in [-0.3, -0.25) is 9.48 Å². The third-order valence-corrected chi connectivity index (χ3v) is 4.15. The highest BCUT2D eigenvalue weighted by atomic mass is 19.1. The third-order valence-electron chi connectivity index (χ3n) is 4.15. The summed E-state index contributed by atoms with van der Waals surface area (Å²) in [6, 6.07) is 7.75. The average Bonchev–Trinajstić information content (AvgIpc) is 3.00. The predicted molar refractivity (Wildman–Crippen MR) is 83.7 cm³/mol. The zero-order valence-corrected chi connectivity index (χ0v) is 13.1.